The topological polar surface area (TPSA) is 61.4 Å². The summed E-state index contributed by atoms with van der Waals surface area (Å²) in [5.41, 5.74) is 0.543. The average molecular weight is 352 g/mol. The maximum absolute atomic E-state index is 11.9. The Morgan fingerprint density at radius 1 is 1.00 bits per heavy atom. The van der Waals surface area contributed by atoms with E-state index in [-0.39, 0.29) is 11.8 Å². The monoisotopic (exact) mass is 351 g/mol. The molecule has 0 atom stereocenters. The summed E-state index contributed by atoms with van der Waals surface area (Å²) in [5.74, 6) is -0.213. The number of amides is 2. The lowest BCUT2D eigenvalue weighted by Crippen LogP contribution is -2.34. The maximum atomic E-state index is 11.9. The molecule has 0 radical (unpaired) electrons. The molecule has 1 aromatic carbocycles. The Kier molecular flexibility index (Phi) is 8.05. The fourth-order valence-electron chi connectivity index (χ4n) is 2.79. The normalized spacial score (nSPS) is 15.0. The van der Waals surface area contributed by atoms with Crippen molar-refractivity contribution in [2.45, 2.75) is 32.1 Å². The number of carbonyl (C=O) groups excluding carboxylic acids is 2. The van der Waals surface area contributed by atoms with E-state index in [2.05, 4.69) is 15.5 Å². The molecule has 1 heterocycles. The van der Waals surface area contributed by atoms with Gasteiger partial charge in [0.2, 0.25) is 5.91 Å². The molecule has 0 aromatic heterocycles. The summed E-state index contributed by atoms with van der Waals surface area (Å²) in [6.07, 6.45) is 5.19. The molecule has 1 fully saturated rings. The summed E-state index contributed by atoms with van der Waals surface area (Å²) in [4.78, 5) is 26.1. The minimum absolute atomic E-state index is 0.0231. The van der Waals surface area contributed by atoms with Gasteiger partial charge in [-0.25, -0.2) is 0 Å². The van der Waals surface area contributed by atoms with Gasteiger partial charge in [-0.05, 0) is 63.2 Å². The summed E-state index contributed by atoms with van der Waals surface area (Å²) in [5, 5.41) is 6.24. The van der Waals surface area contributed by atoms with Crippen LogP contribution in [0.5, 0.6) is 0 Å². The van der Waals surface area contributed by atoms with E-state index in [1.807, 2.05) is 0 Å². The summed E-state index contributed by atoms with van der Waals surface area (Å²) in [6.45, 7) is 4.45. The molecular formula is C18H26ClN3O2. The number of piperidine rings is 1. The van der Waals surface area contributed by atoms with Crippen molar-refractivity contribution >= 4 is 23.4 Å². The van der Waals surface area contributed by atoms with Gasteiger partial charge < -0.3 is 15.5 Å². The molecule has 0 bridgehead atoms. The van der Waals surface area contributed by atoms with Crippen molar-refractivity contribution in [3.63, 3.8) is 0 Å². The quantitative estimate of drug-likeness (QED) is 0.707. The molecule has 1 saturated heterocycles. The first-order valence-electron chi connectivity index (χ1n) is 8.68. The zero-order valence-corrected chi connectivity index (χ0v) is 14.8. The summed E-state index contributed by atoms with van der Waals surface area (Å²) in [7, 11) is 0. The van der Waals surface area contributed by atoms with Crippen LogP contribution < -0.4 is 10.6 Å². The minimum Gasteiger partial charge on any atom is -0.356 e. The third-order valence-corrected chi connectivity index (χ3v) is 4.42. The third-order valence-electron chi connectivity index (χ3n) is 4.17. The van der Waals surface area contributed by atoms with Gasteiger partial charge in [0.25, 0.3) is 5.91 Å². The highest BCUT2D eigenvalue weighted by Crippen LogP contribution is 2.09. The zero-order valence-electron chi connectivity index (χ0n) is 14.0. The van der Waals surface area contributed by atoms with E-state index in [0.717, 1.165) is 13.0 Å². The Balaban J connectivity index is 1.53. The highest BCUT2D eigenvalue weighted by Gasteiger charge is 2.10. The molecule has 24 heavy (non-hydrogen) atoms. The van der Waals surface area contributed by atoms with Gasteiger partial charge in [0.05, 0.1) is 0 Å². The predicted molar refractivity (Wildman–Crippen MR) is 96.3 cm³/mol. The second-order valence-corrected chi connectivity index (χ2v) is 6.56. The molecule has 1 aliphatic heterocycles. The van der Waals surface area contributed by atoms with E-state index in [9.17, 15) is 9.59 Å². The van der Waals surface area contributed by atoms with Gasteiger partial charge in [0, 0.05) is 30.1 Å². The third kappa shape index (κ3) is 6.89. The lowest BCUT2D eigenvalue weighted by molar-refractivity contribution is -0.120. The van der Waals surface area contributed by atoms with Crippen molar-refractivity contribution < 1.29 is 9.59 Å². The average Bonchev–Trinajstić information content (AvgIpc) is 2.60. The lowest BCUT2D eigenvalue weighted by atomic mass is 10.1. The second-order valence-electron chi connectivity index (χ2n) is 6.12. The highest BCUT2D eigenvalue weighted by atomic mass is 35.5. The van der Waals surface area contributed by atoms with Gasteiger partial charge in [-0.2, -0.15) is 0 Å². The largest absolute Gasteiger partial charge is 0.356 e. The smallest absolute Gasteiger partial charge is 0.251 e. The van der Waals surface area contributed by atoms with Crippen molar-refractivity contribution in [2.75, 3.05) is 32.7 Å². The van der Waals surface area contributed by atoms with Crippen molar-refractivity contribution in [3.05, 3.63) is 34.9 Å². The Bertz CT molecular complexity index is 528. The van der Waals surface area contributed by atoms with Gasteiger partial charge in [-0.15, -0.1) is 0 Å². The maximum Gasteiger partial charge on any atom is 0.251 e. The zero-order chi connectivity index (χ0) is 17.2. The van der Waals surface area contributed by atoms with Gasteiger partial charge in [0.1, 0.15) is 0 Å². The molecule has 5 nitrogen and oxygen atoms in total. The van der Waals surface area contributed by atoms with Crippen molar-refractivity contribution in [1.82, 2.24) is 15.5 Å². The fraction of sp³-hybridized carbons (Fsp3) is 0.556. The first-order chi connectivity index (χ1) is 11.6. The molecule has 132 valence electrons. The van der Waals surface area contributed by atoms with E-state index in [1.165, 1.54) is 32.4 Å². The van der Waals surface area contributed by atoms with Crippen LogP contribution in [0, 0.1) is 0 Å². The van der Waals surface area contributed by atoms with E-state index in [1.54, 1.807) is 24.3 Å². The molecule has 0 aliphatic carbocycles. The summed E-state index contributed by atoms with van der Waals surface area (Å²) >= 11 is 5.78. The lowest BCUT2D eigenvalue weighted by Gasteiger charge is -2.26. The van der Waals surface area contributed by atoms with Crippen LogP contribution >= 0.6 is 11.6 Å². The number of halogens is 1. The van der Waals surface area contributed by atoms with Crippen LogP contribution in [0.4, 0.5) is 0 Å². The fourth-order valence-corrected chi connectivity index (χ4v) is 2.92. The van der Waals surface area contributed by atoms with Gasteiger partial charge in [0.15, 0.2) is 0 Å². The van der Waals surface area contributed by atoms with Crippen molar-refractivity contribution in [1.29, 1.82) is 0 Å². The number of likely N-dealkylation sites (tertiary alicyclic amines) is 1. The van der Waals surface area contributed by atoms with E-state index in [4.69, 9.17) is 11.6 Å². The van der Waals surface area contributed by atoms with Gasteiger partial charge in [-0.3, -0.25) is 9.59 Å². The van der Waals surface area contributed by atoms with Crippen LogP contribution in [0.25, 0.3) is 0 Å². The molecule has 0 saturated carbocycles. The molecule has 2 N–H and O–H groups in total. The van der Waals surface area contributed by atoms with E-state index in [0.29, 0.717) is 30.1 Å². The van der Waals surface area contributed by atoms with Crippen molar-refractivity contribution in [2.24, 2.45) is 0 Å². The van der Waals surface area contributed by atoms with Crippen LogP contribution in [0.3, 0.4) is 0 Å². The van der Waals surface area contributed by atoms with Crippen LogP contribution in [0.1, 0.15) is 42.5 Å². The summed E-state index contributed by atoms with van der Waals surface area (Å²) in [6, 6.07) is 6.67. The van der Waals surface area contributed by atoms with Gasteiger partial charge >= 0.3 is 0 Å². The predicted octanol–water partition coefficient (Wildman–Crippen LogP) is 2.45. The summed E-state index contributed by atoms with van der Waals surface area (Å²) < 4.78 is 0. The molecule has 2 rings (SSSR count). The molecule has 0 unspecified atom stereocenters. The molecule has 1 aliphatic rings. The molecule has 0 spiro atoms. The number of hydrogen-bond acceptors (Lipinski definition) is 3. The number of hydrogen-bond donors (Lipinski definition) is 2. The number of rotatable bonds is 8. The number of benzene rings is 1. The van der Waals surface area contributed by atoms with Crippen LogP contribution in [0.2, 0.25) is 5.02 Å². The second kappa shape index (κ2) is 10.3. The molecule has 1 aromatic rings. The van der Waals surface area contributed by atoms with E-state index >= 15 is 0 Å². The van der Waals surface area contributed by atoms with Crippen LogP contribution in [-0.4, -0.2) is 49.4 Å². The number of nitrogens with one attached hydrogen (secondary N) is 2. The van der Waals surface area contributed by atoms with Crippen LogP contribution in [0.15, 0.2) is 24.3 Å². The number of nitrogens with zero attached hydrogens (tertiary/aromatic N) is 1. The van der Waals surface area contributed by atoms with Crippen LogP contribution in [-0.2, 0) is 4.79 Å². The first-order valence-corrected chi connectivity index (χ1v) is 9.06. The molecule has 6 heteroatoms. The first kappa shape index (κ1) is 18.7. The molecule has 2 amide bonds. The Labute approximate surface area is 148 Å². The Morgan fingerprint density at radius 3 is 2.42 bits per heavy atom. The van der Waals surface area contributed by atoms with Gasteiger partial charge in [-0.1, -0.05) is 18.0 Å². The molecular weight excluding hydrogens is 326 g/mol. The SMILES string of the molecule is O=C(CCNC(=O)c1ccc(Cl)cc1)NCCCN1CCCCC1. The Hall–Kier alpha value is -1.59. The number of carbonyl (C=O) groups is 2. The standard InChI is InChI=1S/C18H26ClN3O2/c19-16-7-5-15(6-8-16)18(24)21-11-9-17(23)20-10-4-14-22-12-2-1-3-13-22/h5-8H,1-4,9-14H2,(H,20,23)(H,21,24). The highest BCUT2D eigenvalue weighted by molar-refractivity contribution is 6.30. The van der Waals surface area contributed by atoms with Crippen molar-refractivity contribution in [3.8, 4) is 0 Å². The Morgan fingerprint density at radius 2 is 1.71 bits per heavy atom. The van der Waals surface area contributed by atoms with E-state index < -0.39 is 0 Å². The minimum atomic E-state index is -0.190.